The van der Waals surface area contributed by atoms with Crippen molar-refractivity contribution in [1.82, 2.24) is 4.98 Å². The molecular weight excluding hydrogens is 166 g/mol. The summed E-state index contributed by atoms with van der Waals surface area (Å²) in [5.74, 6) is 0.414. The molecule has 1 heterocycles. The third kappa shape index (κ3) is 1.22. The van der Waals surface area contributed by atoms with Gasteiger partial charge < -0.3 is 5.11 Å². The molecule has 0 amide bonds. The lowest BCUT2D eigenvalue weighted by atomic mass is 10.2. The van der Waals surface area contributed by atoms with E-state index in [1.807, 2.05) is 6.07 Å². The number of nitrogens with one attached hydrogen (secondary N) is 1. The first-order chi connectivity index (χ1) is 6.31. The van der Waals surface area contributed by atoms with Crippen LogP contribution in [-0.2, 0) is 0 Å². The van der Waals surface area contributed by atoms with Crippen LogP contribution in [0.5, 0.6) is 5.75 Å². The zero-order chi connectivity index (χ0) is 9.26. The second-order valence-electron chi connectivity index (χ2n) is 2.63. The number of pyridine rings is 1. The van der Waals surface area contributed by atoms with Gasteiger partial charge >= 0.3 is 0 Å². The van der Waals surface area contributed by atoms with Crippen molar-refractivity contribution in [2.24, 2.45) is 5.11 Å². The van der Waals surface area contributed by atoms with Crippen molar-refractivity contribution in [3.05, 3.63) is 30.3 Å². The van der Waals surface area contributed by atoms with Crippen LogP contribution >= 0.6 is 0 Å². The summed E-state index contributed by atoms with van der Waals surface area (Å²) < 4.78 is 0. The molecule has 0 bridgehead atoms. The number of fused-ring (bicyclic) bond motifs is 1. The van der Waals surface area contributed by atoms with E-state index >= 15 is 0 Å². The van der Waals surface area contributed by atoms with E-state index in [1.165, 1.54) is 0 Å². The predicted molar refractivity (Wildman–Crippen MR) is 48.2 cm³/mol. The Hall–Kier alpha value is -1.97. The molecule has 0 atom stereocenters. The summed E-state index contributed by atoms with van der Waals surface area (Å²) in [6.07, 6.45) is 0. The predicted octanol–water partition coefficient (Wildman–Crippen LogP) is 2.60. The Balaban J connectivity index is 2.81. The number of aromatic nitrogens is 1. The van der Waals surface area contributed by atoms with E-state index in [1.54, 1.807) is 24.3 Å². The van der Waals surface area contributed by atoms with Gasteiger partial charge in [-0.15, -0.1) is 5.11 Å². The average molecular weight is 173 g/mol. The van der Waals surface area contributed by atoms with Gasteiger partial charge in [-0.25, -0.2) is 10.5 Å². The molecule has 0 radical (unpaired) electrons. The molecule has 0 fully saturated rings. The maximum Gasteiger partial charge on any atom is 0.174 e. The highest BCUT2D eigenvalue weighted by Crippen LogP contribution is 2.24. The molecule has 13 heavy (non-hydrogen) atoms. The molecule has 64 valence electrons. The Morgan fingerprint density at radius 2 is 2.08 bits per heavy atom. The number of hydrogen-bond acceptors (Lipinski definition) is 4. The van der Waals surface area contributed by atoms with Gasteiger partial charge in [0.1, 0.15) is 11.3 Å². The van der Waals surface area contributed by atoms with Crippen molar-refractivity contribution >= 4 is 16.7 Å². The smallest absolute Gasteiger partial charge is 0.174 e. The van der Waals surface area contributed by atoms with Gasteiger partial charge in [0, 0.05) is 5.39 Å². The van der Waals surface area contributed by atoms with Gasteiger partial charge in [-0.05, 0) is 18.2 Å². The fourth-order valence-electron chi connectivity index (χ4n) is 1.18. The maximum absolute atomic E-state index is 9.43. The van der Waals surface area contributed by atoms with Crippen LogP contribution in [0.4, 0.5) is 5.82 Å². The Labute approximate surface area is 74.4 Å². The lowest BCUT2D eigenvalue weighted by Crippen LogP contribution is -1.78. The highest BCUT2D eigenvalue weighted by atomic mass is 16.3. The topological polar surface area (TPSA) is 69.3 Å². The quantitative estimate of drug-likeness (QED) is 0.650. The van der Waals surface area contributed by atoms with Gasteiger partial charge in [0.25, 0.3) is 0 Å². The second-order valence-corrected chi connectivity index (χ2v) is 2.63. The summed E-state index contributed by atoms with van der Waals surface area (Å²) in [6, 6.07) is 8.56. The minimum atomic E-state index is 0.114. The zero-order valence-corrected chi connectivity index (χ0v) is 6.73. The Morgan fingerprint density at radius 3 is 2.85 bits per heavy atom. The van der Waals surface area contributed by atoms with E-state index in [0.29, 0.717) is 11.3 Å². The minimum Gasteiger partial charge on any atom is -0.506 e. The van der Waals surface area contributed by atoms with Crippen molar-refractivity contribution in [3.8, 4) is 5.75 Å². The number of aromatic hydroxyl groups is 1. The van der Waals surface area contributed by atoms with E-state index in [4.69, 9.17) is 5.53 Å². The van der Waals surface area contributed by atoms with Crippen LogP contribution in [0.1, 0.15) is 0 Å². The molecule has 4 nitrogen and oxygen atoms in total. The summed E-state index contributed by atoms with van der Waals surface area (Å²) >= 11 is 0. The second kappa shape index (κ2) is 2.82. The molecule has 0 saturated carbocycles. The van der Waals surface area contributed by atoms with Gasteiger partial charge in [0.2, 0.25) is 0 Å². The van der Waals surface area contributed by atoms with Gasteiger partial charge in [0.15, 0.2) is 5.82 Å². The molecule has 1 aromatic heterocycles. The molecule has 0 aliphatic rings. The first-order valence-corrected chi connectivity index (χ1v) is 3.77. The standard InChI is InChI=1S/C9H7N3O/c10-12-8-5-4-6-2-1-3-7(13)9(6)11-8/h1-5,10,13H. The van der Waals surface area contributed by atoms with Gasteiger partial charge in [0.05, 0.1) is 0 Å². The molecule has 0 spiro atoms. The highest BCUT2D eigenvalue weighted by Gasteiger charge is 2.00. The van der Waals surface area contributed by atoms with Crippen LogP contribution in [0, 0.1) is 5.53 Å². The van der Waals surface area contributed by atoms with E-state index < -0.39 is 0 Å². The first-order valence-electron chi connectivity index (χ1n) is 3.77. The molecule has 2 rings (SSSR count). The third-order valence-electron chi connectivity index (χ3n) is 1.80. The van der Waals surface area contributed by atoms with Crippen molar-refractivity contribution in [2.45, 2.75) is 0 Å². The normalized spacial score (nSPS) is 10.2. The van der Waals surface area contributed by atoms with Crippen LogP contribution in [0.3, 0.4) is 0 Å². The summed E-state index contributed by atoms with van der Waals surface area (Å²) in [5.41, 5.74) is 7.25. The molecule has 0 saturated heterocycles. The first kappa shape index (κ1) is 7.67. The van der Waals surface area contributed by atoms with Gasteiger partial charge in [-0.3, -0.25) is 0 Å². The van der Waals surface area contributed by atoms with Crippen LogP contribution in [0.2, 0.25) is 0 Å². The molecule has 2 aromatic rings. The Bertz CT molecular complexity index is 467. The average Bonchev–Trinajstić information content (AvgIpc) is 2.18. The number of benzene rings is 1. The lowest BCUT2D eigenvalue weighted by molar-refractivity contribution is 0.480. The van der Waals surface area contributed by atoms with E-state index in [9.17, 15) is 5.11 Å². The molecule has 2 N–H and O–H groups in total. The molecule has 0 unspecified atom stereocenters. The van der Waals surface area contributed by atoms with Crippen molar-refractivity contribution in [3.63, 3.8) is 0 Å². The summed E-state index contributed by atoms with van der Waals surface area (Å²) in [5, 5.41) is 13.5. The summed E-state index contributed by atoms with van der Waals surface area (Å²) in [6.45, 7) is 0. The maximum atomic E-state index is 9.43. The number of phenols is 1. The van der Waals surface area contributed by atoms with Crippen molar-refractivity contribution < 1.29 is 5.11 Å². The van der Waals surface area contributed by atoms with Crippen molar-refractivity contribution in [1.29, 1.82) is 5.53 Å². The number of phenolic OH excluding ortho intramolecular Hbond substituents is 1. The Morgan fingerprint density at radius 1 is 1.23 bits per heavy atom. The van der Waals surface area contributed by atoms with Crippen LogP contribution in [0.25, 0.3) is 10.9 Å². The van der Waals surface area contributed by atoms with Gasteiger partial charge in [-0.1, -0.05) is 12.1 Å². The fraction of sp³-hybridized carbons (Fsp3) is 0. The molecule has 0 aliphatic carbocycles. The number of rotatable bonds is 1. The van der Waals surface area contributed by atoms with Crippen LogP contribution in [0.15, 0.2) is 35.4 Å². The lowest BCUT2D eigenvalue weighted by Gasteiger charge is -1.99. The van der Waals surface area contributed by atoms with Crippen molar-refractivity contribution in [2.75, 3.05) is 0 Å². The summed E-state index contributed by atoms with van der Waals surface area (Å²) in [4.78, 5) is 3.99. The third-order valence-corrected chi connectivity index (χ3v) is 1.80. The Kier molecular flexibility index (Phi) is 1.66. The molecule has 1 aromatic carbocycles. The fourth-order valence-corrected chi connectivity index (χ4v) is 1.18. The van der Waals surface area contributed by atoms with E-state index in [-0.39, 0.29) is 5.75 Å². The number of para-hydroxylation sites is 1. The minimum absolute atomic E-state index is 0.114. The SMILES string of the molecule is N=Nc1ccc2cccc(O)c2n1. The molecule has 0 aliphatic heterocycles. The largest absolute Gasteiger partial charge is 0.506 e. The van der Waals surface area contributed by atoms with Crippen LogP contribution < -0.4 is 0 Å². The molecule has 4 heteroatoms. The number of hydrogen-bond donors (Lipinski definition) is 2. The van der Waals surface area contributed by atoms with E-state index in [0.717, 1.165) is 5.39 Å². The number of nitrogens with zero attached hydrogens (tertiary/aromatic N) is 2. The van der Waals surface area contributed by atoms with E-state index in [2.05, 4.69) is 10.1 Å². The highest BCUT2D eigenvalue weighted by molar-refractivity contribution is 5.85. The monoisotopic (exact) mass is 173 g/mol. The zero-order valence-electron chi connectivity index (χ0n) is 6.73. The molecular formula is C9H7N3O. The summed E-state index contributed by atoms with van der Waals surface area (Å²) in [7, 11) is 0. The van der Waals surface area contributed by atoms with Gasteiger partial charge in [-0.2, -0.15) is 0 Å². The van der Waals surface area contributed by atoms with Crippen LogP contribution in [-0.4, -0.2) is 10.1 Å².